The average Bonchev–Trinajstić information content (AvgIpc) is 2.87. The third kappa shape index (κ3) is 9.48. The summed E-state index contributed by atoms with van der Waals surface area (Å²) in [6.45, 7) is 4.22. The minimum atomic E-state index is -4.76. The lowest BCUT2D eigenvalue weighted by atomic mass is 9.86. The Kier molecular flexibility index (Phi) is 10.1. The Morgan fingerprint density at radius 2 is 1.63 bits per heavy atom. The fourth-order valence-corrected chi connectivity index (χ4v) is 6.27. The molecule has 2 atom stereocenters. The van der Waals surface area contributed by atoms with E-state index >= 15 is 0 Å². The number of sulfone groups is 1. The van der Waals surface area contributed by atoms with Crippen LogP contribution in [0.15, 0.2) is 53.4 Å². The van der Waals surface area contributed by atoms with E-state index in [9.17, 15) is 36.0 Å². The normalized spacial score (nSPS) is 17.8. The van der Waals surface area contributed by atoms with Gasteiger partial charge < -0.3 is 15.4 Å². The van der Waals surface area contributed by atoms with Crippen LogP contribution in [0.5, 0.6) is 0 Å². The van der Waals surface area contributed by atoms with Crippen molar-refractivity contribution in [2.75, 3.05) is 17.6 Å². The number of nitrogens with one attached hydrogen (secondary N) is 3. The molecule has 3 amide bonds. The monoisotopic (exact) mass is 597 g/mol. The molecule has 3 rings (SSSR count). The van der Waals surface area contributed by atoms with Gasteiger partial charge in [-0.2, -0.15) is 13.2 Å². The van der Waals surface area contributed by atoms with Crippen LogP contribution in [0.25, 0.3) is 0 Å². The van der Waals surface area contributed by atoms with Crippen LogP contribution in [0.2, 0.25) is 0 Å². The van der Waals surface area contributed by atoms with Crippen LogP contribution in [0.3, 0.4) is 0 Å². The summed E-state index contributed by atoms with van der Waals surface area (Å²) in [6.07, 6.45) is -3.01. The molecule has 1 aliphatic rings. The predicted octanol–water partition coefficient (Wildman–Crippen LogP) is 4.93. The smallest absolute Gasteiger partial charge is 0.416 e. The van der Waals surface area contributed by atoms with Crippen LogP contribution in [-0.2, 0) is 25.5 Å². The number of hydrogen-bond acceptors (Lipinski definition) is 6. The highest BCUT2D eigenvalue weighted by Crippen LogP contribution is 2.32. The molecule has 2 aromatic carbocycles. The fraction of sp³-hybridized carbons (Fsp3) is 0.464. The molecular formula is C28H34F3N3O6S. The molecule has 0 radical (unpaired) electrons. The summed E-state index contributed by atoms with van der Waals surface area (Å²) in [6, 6.07) is 9.78. The van der Waals surface area contributed by atoms with Crippen molar-refractivity contribution in [1.29, 1.82) is 0 Å². The highest BCUT2D eigenvalue weighted by Gasteiger charge is 2.33. The third-order valence-corrected chi connectivity index (χ3v) is 8.29. The van der Waals surface area contributed by atoms with Gasteiger partial charge in [-0.1, -0.05) is 31.0 Å². The topological polar surface area (TPSA) is 131 Å². The van der Waals surface area contributed by atoms with Gasteiger partial charge in [-0.15, -0.1) is 0 Å². The first-order valence-corrected chi connectivity index (χ1v) is 14.8. The highest BCUT2D eigenvalue weighted by molar-refractivity contribution is 7.91. The Hall–Kier alpha value is -3.61. The van der Waals surface area contributed by atoms with E-state index in [0.717, 1.165) is 18.9 Å². The van der Waals surface area contributed by atoms with Crippen molar-refractivity contribution < 1.29 is 40.7 Å². The zero-order chi connectivity index (χ0) is 30.4. The summed E-state index contributed by atoms with van der Waals surface area (Å²) in [5.74, 6) is -2.15. The molecule has 0 aromatic heterocycles. The van der Waals surface area contributed by atoms with Gasteiger partial charge in [0.1, 0.15) is 5.60 Å². The maximum atomic E-state index is 13.3. The first kappa shape index (κ1) is 31.9. The van der Waals surface area contributed by atoms with Gasteiger partial charge in [0.05, 0.1) is 34.0 Å². The van der Waals surface area contributed by atoms with Crippen LogP contribution in [0.4, 0.5) is 23.7 Å². The SMILES string of the molecule is CC(C)(C)OC(=O)Nc1ccc(C(F)(F)F)cc1C(=O)NCC(=O)N[C@H]1CCCC[C@@H]1CS(=O)(=O)c1ccccc1. The van der Waals surface area contributed by atoms with Crippen molar-refractivity contribution >= 4 is 33.4 Å². The van der Waals surface area contributed by atoms with E-state index in [0.29, 0.717) is 25.0 Å². The quantitative estimate of drug-likeness (QED) is 0.396. The van der Waals surface area contributed by atoms with Gasteiger partial charge in [-0.25, -0.2) is 13.2 Å². The molecule has 1 aliphatic carbocycles. The van der Waals surface area contributed by atoms with Gasteiger partial charge in [0, 0.05) is 6.04 Å². The van der Waals surface area contributed by atoms with E-state index in [1.807, 2.05) is 0 Å². The van der Waals surface area contributed by atoms with Crippen molar-refractivity contribution in [2.45, 2.75) is 69.2 Å². The van der Waals surface area contributed by atoms with Gasteiger partial charge in [0.25, 0.3) is 5.91 Å². The molecule has 0 aliphatic heterocycles. The van der Waals surface area contributed by atoms with E-state index in [-0.39, 0.29) is 22.3 Å². The Labute approximate surface area is 237 Å². The molecule has 0 spiro atoms. The summed E-state index contributed by atoms with van der Waals surface area (Å²) in [5, 5.41) is 7.33. The van der Waals surface area contributed by atoms with E-state index in [1.54, 1.807) is 39.0 Å². The zero-order valence-corrected chi connectivity index (χ0v) is 23.8. The highest BCUT2D eigenvalue weighted by atomic mass is 32.2. The number of alkyl halides is 3. The molecule has 3 N–H and O–H groups in total. The molecule has 41 heavy (non-hydrogen) atoms. The molecule has 13 heteroatoms. The predicted molar refractivity (Wildman–Crippen MR) is 146 cm³/mol. The maximum Gasteiger partial charge on any atom is 0.416 e. The number of ether oxygens (including phenoxy) is 1. The Morgan fingerprint density at radius 1 is 0.976 bits per heavy atom. The Bertz CT molecular complexity index is 1360. The molecule has 1 saturated carbocycles. The number of amides is 3. The van der Waals surface area contributed by atoms with Crippen molar-refractivity contribution in [3.05, 3.63) is 59.7 Å². The van der Waals surface area contributed by atoms with Gasteiger partial charge in [-0.05, 0) is 69.9 Å². The van der Waals surface area contributed by atoms with Crippen molar-refractivity contribution in [2.24, 2.45) is 5.92 Å². The number of carbonyl (C=O) groups excluding carboxylic acids is 3. The number of halogens is 3. The fourth-order valence-electron chi connectivity index (χ4n) is 4.55. The van der Waals surface area contributed by atoms with Gasteiger partial charge in [0.15, 0.2) is 9.84 Å². The molecule has 0 saturated heterocycles. The standard InChI is InChI=1S/C28H34F3N3O6S/c1-27(2,3)40-26(37)34-23-14-13-19(28(29,30)31)15-21(23)25(36)32-16-24(35)33-22-12-8-7-9-18(22)17-41(38,39)20-10-5-4-6-11-20/h4-6,10-11,13-15,18,22H,7-9,12,16-17H2,1-3H3,(H,32,36)(H,33,35)(H,34,37)/t18-,22+/m1/s1. The van der Waals surface area contributed by atoms with Crippen LogP contribution < -0.4 is 16.0 Å². The first-order chi connectivity index (χ1) is 19.0. The number of carbonyl (C=O) groups is 3. The summed E-state index contributed by atoms with van der Waals surface area (Å²) in [5.41, 5.74) is -2.76. The van der Waals surface area contributed by atoms with Crippen molar-refractivity contribution in [3.63, 3.8) is 0 Å². The van der Waals surface area contributed by atoms with Crippen LogP contribution in [-0.4, -0.2) is 50.3 Å². The average molecular weight is 598 g/mol. The van der Waals surface area contributed by atoms with Gasteiger partial charge in [0.2, 0.25) is 5.91 Å². The van der Waals surface area contributed by atoms with Crippen LogP contribution in [0.1, 0.15) is 62.4 Å². The lowest BCUT2D eigenvalue weighted by Gasteiger charge is -2.32. The molecular weight excluding hydrogens is 563 g/mol. The Balaban J connectivity index is 1.68. The largest absolute Gasteiger partial charge is 0.444 e. The lowest BCUT2D eigenvalue weighted by molar-refractivity contribution is -0.137. The van der Waals surface area contributed by atoms with E-state index in [4.69, 9.17) is 4.74 Å². The van der Waals surface area contributed by atoms with E-state index in [2.05, 4.69) is 16.0 Å². The maximum absolute atomic E-state index is 13.3. The van der Waals surface area contributed by atoms with Gasteiger partial charge >= 0.3 is 12.3 Å². The number of hydrogen-bond donors (Lipinski definition) is 3. The second-order valence-electron chi connectivity index (χ2n) is 10.9. The molecule has 224 valence electrons. The van der Waals surface area contributed by atoms with Crippen LogP contribution >= 0.6 is 0 Å². The van der Waals surface area contributed by atoms with E-state index in [1.165, 1.54) is 12.1 Å². The molecule has 0 bridgehead atoms. The third-order valence-electron chi connectivity index (χ3n) is 6.43. The number of anilines is 1. The van der Waals surface area contributed by atoms with E-state index < -0.39 is 63.2 Å². The van der Waals surface area contributed by atoms with Crippen LogP contribution in [0, 0.1) is 5.92 Å². The summed E-state index contributed by atoms with van der Waals surface area (Å²) in [7, 11) is -3.59. The summed E-state index contributed by atoms with van der Waals surface area (Å²) >= 11 is 0. The molecule has 2 aromatic rings. The van der Waals surface area contributed by atoms with Gasteiger partial charge in [-0.3, -0.25) is 14.9 Å². The molecule has 1 fully saturated rings. The first-order valence-electron chi connectivity index (χ1n) is 13.1. The Morgan fingerprint density at radius 3 is 2.27 bits per heavy atom. The molecule has 0 unspecified atom stereocenters. The van der Waals surface area contributed by atoms with Crippen molar-refractivity contribution in [1.82, 2.24) is 10.6 Å². The molecule has 9 nitrogen and oxygen atoms in total. The van der Waals surface area contributed by atoms with Crippen molar-refractivity contribution in [3.8, 4) is 0 Å². The molecule has 0 heterocycles. The number of rotatable bonds is 8. The summed E-state index contributed by atoms with van der Waals surface area (Å²) < 4.78 is 70.9. The minimum absolute atomic E-state index is 0.155. The minimum Gasteiger partial charge on any atom is -0.444 e. The number of benzene rings is 2. The second kappa shape index (κ2) is 12.9. The lowest BCUT2D eigenvalue weighted by Crippen LogP contribution is -2.47. The zero-order valence-electron chi connectivity index (χ0n) is 23.0. The second-order valence-corrected chi connectivity index (χ2v) is 12.9. The summed E-state index contributed by atoms with van der Waals surface area (Å²) in [4.78, 5) is 38.0.